The number of carbonyl (C=O) groups is 2. The van der Waals surface area contributed by atoms with Gasteiger partial charge in [-0.3, -0.25) is 4.79 Å². The number of fused-ring (bicyclic) bond motifs is 1. The summed E-state index contributed by atoms with van der Waals surface area (Å²) in [5, 5.41) is 3.78. The third-order valence-electron chi connectivity index (χ3n) is 6.27. The van der Waals surface area contributed by atoms with Crippen molar-refractivity contribution in [1.82, 2.24) is 0 Å². The molecule has 0 spiro atoms. The van der Waals surface area contributed by atoms with Crippen LogP contribution in [-0.4, -0.2) is 37.6 Å². The van der Waals surface area contributed by atoms with Crippen LogP contribution in [0.4, 0.5) is 5.00 Å². The fourth-order valence-corrected chi connectivity index (χ4v) is 6.12. The Morgan fingerprint density at radius 2 is 1.93 bits per heavy atom. The smallest absolute Gasteiger partial charge is 0.341 e. The number of rotatable bonds is 7. The molecule has 1 fully saturated rings. The lowest BCUT2D eigenvalue weighted by atomic mass is 9.88. The number of ether oxygens (including phenoxy) is 1. The van der Waals surface area contributed by atoms with E-state index in [4.69, 9.17) is 4.74 Å². The number of likely N-dealkylation sites (N-methyl/N-ethyl adjacent to an activating group) is 1. The van der Waals surface area contributed by atoms with Crippen LogP contribution in [0.5, 0.6) is 0 Å². The standard InChI is InChI=1S/C22H34N2O3S/c1-4-24(16-9-7-6-8-10-16)14-19(25)23-21-20(22(26)27-5-2)17-12-11-15(3)13-18(17)28-21/h15-16H,4-14H2,1-3H3,(H,23,25)/p+1/t15-/m1/s1. The summed E-state index contributed by atoms with van der Waals surface area (Å²) in [5.74, 6) is 0.340. The van der Waals surface area contributed by atoms with E-state index in [0.717, 1.165) is 31.4 Å². The van der Waals surface area contributed by atoms with E-state index in [1.165, 1.54) is 41.9 Å². The van der Waals surface area contributed by atoms with E-state index in [9.17, 15) is 9.59 Å². The first-order valence-corrected chi connectivity index (χ1v) is 11.8. The highest BCUT2D eigenvalue weighted by molar-refractivity contribution is 7.17. The van der Waals surface area contributed by atoms with Gasteiger partial charge < -0.3 is 15.0 Å². The van der Waals surface area contributed by atoms with Crippen molar-refractivity contribution in [2.45, 2.75) is 78.2 Å². The lowest BCUT2D eigenvalue weighted by Crippen LogP contribution is -3.16. The molecule has 1 aromatic rings. The molecule has 6 heteroatoms. The van der Waals surface area contributed by atoms with Crippen LogP contribution in [-0.2, 0) is 22.4 Å². The molecule has 0 aromatic carbocycles. The monoisotopic (exact) mass is 407 g/mol. The lowest BCUT2D eigenvalue weighted by molar-refractivity contribution is -0.917. The second kappa shape index (κ2) is 9.88. The van der Waals surface area contributed by atoms with Crippen LogP contribution >= 0.6 is 11.3 Å². The normalized spacial score (nSPS) is 21.0. The molecule has 1 unspecified atom stereocenters. The summed E-state index contributed by atoms with van der Waals surface area (Å²) in [7, 11) is 0. The van der Waals surface area contributed by atoms with Crippen LogP contribution < -0.4 is 10.2 Å². The summed E-state index contributed by atoms with van der Waals surface area (Å²) in [6, 6.07) is 0.589. The minimum atomic E-state index is -0.295. The summed E-state index contributed by atoms with van der Waals surface area (Å²) >= 11 is 1.58. The third kappa shape index (κ3) is 4.95. The molecule has 156 valence electrons. The second-order valence-corrected chi connectivity index (χ2v) is 9.45. The van der Waals surface area contributed by atoms with Crippen molar-refractivity contribution in [1.29, 1.82) is 0 Å². The molecule has 1 heterocycles. The van der Waals surface area contributed by atoms with Crippen molar-refractivity contribution < 1.29 is 19.2 Å². The zero-order valence-electron chi connectivity index (χ0n) is 17.6. The second-order valence-electron chi connectivity index (χ2n) is 8.35. The van der Waals surface area contributed by atoms with E-state index in [-0.39, 0.29) is 11.9 Å². The molecule has 2 aliphatic rings. The predicted octanol–water partition coefficient (Wildman–Crippen LogP) is 3.23. The molecule has 2 aliphatic carbocycles. The molecule has 3 rings (SSSR count). The number of thiophene rings is 1. The minimum Gasteiger partial charge on any atom is -0.462 e. The highest BCUT2D eigenvalue weighted by Crippen LogP contribution is 2.40. The van der Waals surface area contributed by atoms with Gasteiger partial charge >= 0.3 is 5.97 Å². The molecule has 1 aromatic heterocycles. The van der Waals surface area contributed by atoms with Crippen LogP contribution in [0.1, 0.15) is 80.1 Å². The summed E-state index contributed by atoms with van der Waals surface area (Å²) < 4.78 is 5.31. The van der Waals surface area contributed by atoms with Gasteiger partial charge in [-0.05, 0) is 70.3 Å². The average molecular weight is 408 g/mol. The van der Waals surface area contributed by atoms with Gasteiger partial charge in [0.15, 0.2) is 6.54 Å². The van der Waals surface area contributed by atoms with E-state index in [1.54, 1.807) is 11.3 Å². The molecule has 1 saturated carbocycles. The maximum Gasteiger partial charge on any atom is 0.341 e. The van der Waals surface area contributed by atoms with Crippen LogP contribution in [0.15, 0.2) is 0 Å². The van der Waals surface area contributed by atoms with Gasteiger partial charge in [-0.2, -0.15) is 0 Å². The summed E-state index contributed by atoms with van der Waals surface area (Å²) in [5.41, 5.74) is 1.71. The number of amides is 1. The fourth-order valence-electron chi connectivity index (χ4n) is 4.70. The van der Waals surface area contributed by atoms with Gasteiger partial charge in [0.2, 0.25) is 0 Å². The van der Waals surface area contributed by atoms with E-state index in [2.05, 4.69) is 19.2 Å². The van der Waals surface area contributed by atoms with Gasteiger partial charge in [0.25, 0.3) is 5.91 Å². The maximum atomic E-state index is 12.9. The first-order chi connectivity index (χ1) is 13.5. The fraction of sp³-hybridized carbons (Fsp3) is 0.727. The van der Waals surface area contributed by atoms with Gasteiger partial charge in [-0.1, -0.05) is 13.3 Å². The van der Waals surface area contributed by atoms with Crippen molar-refractivity contribution in [2.24, 2.45) is 5.92 Å². The van der Waals surface area contributed by atoms with Gasteiger partial charge in [0.05, 0.1) is 24.8 Å². The Bertz CT molecular complexity index is 694. The van der Waals surface area contributed by atoms with E-state index in [0.29, 0.717) is 35.7 Å². The first kappa shape index (κ1) is 21.3. The molecular formula is C22H35N2O3S+. The summed E-state index contributed by atoms with van der Waals surface area (Å²) in [6.07, 6.45) is 9.27. The average Bonchev–Trinajstić information content (AvgIpc) is 3.03. The largest absolute Gasteiger partial charge is 0.462 e. The number of quaternary nitrogens is 1. The van der Waals surface area contributed by atoms with Crippen LogP contribution in [0.2, 0.25) is 0 Å². The Labute approximate surface area is 172 Å². The lowest BCUT2D eigenvalue weighted by Gasteiger charge is -2.30. The molecule has 28 heavy (non-hydrogen) atoms. The SMILES string of the molecule is CCOC(=O)c1c(NC(=O)C[NH+](CC)C2CCCCC2)sc2c1CC[C@@H](C)C2. The van der Waals surface area contributed by atoms with Crippen molar-refractivity contribution in [2.75, 3.05) is 25.0 Å². The molecule has 0 saturated heterocycles. The Balaban J connectivity index is 1.74. The number of carbonyl (C=O) groups excluding carboxylic acids is 2. The Kier molecular flexibility index (Phi) is 7.52. The van der Waals surface area contributed by atoms with Crippen molar-refractivity contribution in [3.63, 3.8) is 0 Å². The quantitative estimate of drug-likeness (QED) is 0.682. The summed E-state index contributed by atoms with van der Waals surface area (Å²) in [4.78, 5) is 28.1. The zero-order valence-corrected chi connectivity index (χ0v) is 18.4. The van der Waals surface area contributed by atoms with E-state index < -0.39 is 0 Å². The Morgan fingerprint density at radius 1 is 1.18 bits per heavy atom. The van der Waals surface area contributed by atoms with Crippen LogP contribution in [0.3, 0.4) is 0 Å². The molecule has 1 amide bonds. The number of anilines is 1. The summed E-state index contributed by atoms with van der Waals surface area (Å²) in [6.45, 7) is 8.01. The van der Waals surface area contributed by atoms with Crippen LogP contribution in [0, 0.1) is 5.92 Å². The minimum absolute atomic E-state index is 0.0135. The highest BCUT2D eigenvalue weighted by Gasteiger charge is 2.30. The van der Waals surface area contributed by atoms with Gasteiger partial charge in [0, 0.05) is 4.88 Å². The third-order valence-corrected chi connectivity index (χ3v) is 7.44. The molecule has 5 nitrogen and oxygen atoms in total. The van der Waals surface area contributed by atoms with Crippen molar-refractivity contribution in [3.8, 4) is 0 Å². The van der Waals surface area contributed by atoms with Gasteiger partial charge in [0.1, 0.15) is 5.00 Å². The predicted molar refractivity (Wildman–Crippen MR) is 113 cm³/mol. The topological polar surface area (TPSA) is 59.8 Å². The Morgan fingerprint density at radius 3 is 2.61 bits per heavy atom. The van der Waals surface area contributed by atoms with E-state index >= 15 is 0 Å². The number of nitrogens with one attached hydrogen (secondary N) is 2. The van der Waals surface area contributed by atoms with Crippen molar-refractivity contribution in [3.05, 3.63) is 16.0 Å². The molecule has 2 atom stereocenters. The van der Waals surface area contributed by atoms with Crippen molar-refractivity contribution >= 4 is 28.2 Å². The van der Waals surface area contributed by atoms with Crippen LogP contribution in [0.25, 0.3) is 0 Å². The van der Waals surface area contributed by atoms with Gasteiger partial charge in [-0.15, -0.1) is 11.3 Å². The zero-order chi connectivity index (χ0) is 20.1. The first-order valence-electron chi connectivity index (χ1n) is 11.0. The molecule has 2 N–H and O–H groups in total. The van der Waals surface area contributed by atoms with Gasteiger partial charge in [-0.25, -0.2) is 4.79 Å². The molecule has 0 aliphatic heterocycles. The maximum absolute atomic E-state index is 12.9. The highest BCUT2D eigenvalue weighted by atomic mass is 32.1. The Hall–Kier alpha value is -1.40. The van der Waals surface area contributed by atoms with E-state index in [1.807, 2.05) is 6.92 Å². The number of esters is 1. The molecule has 0 bridgehead atoms. The number of hydrogen-bond acceptors (Lipinski definition) is 4. The molecule has 0 radical (unpaired) electrons. The number of hydrogen-bond donors (Lipinski definition) is 2. The molecular weight excluding hydrogens is 372 g/mol.